The Morgan fingerprint density at radius 3 is 1.04 bits per heavy atom. The van der Waals surface area contributed by atoms with E-state index < -0.39 is 0 Å². The van der Waals surface area contributed by atoms with Crippen LogP contribution in [-0.2, 0) is 4.79 Å². The van der Waals surface area contributed by atoms with Crippen molar-refractivity contribution in [2.45, 2.75) is 148 Å². The van der Waals surface area contributed by atoms with E-state index in [1.165, 1.54) is 128 Å². The summed E-state index contributed by atoms with van der Waals surface area (Å²) in [5, 5.41) is 0. The van der Waals surface area contributed by atoms with Gasteiger partial charge in [0.25, 0.3) is 0 Å². The minimum Gasteiger partial charge on any atom is -0.303 e. The van der Waals surface area contributed by atoms with E-state index in [1.807, 2.05) is 0 Å². The lowest BCUT2D eigenvalue weighted by Crippen LogP contribution is -1.84. The van der Waals surface area contributed by atoms with Gasteiger partial charge in [-0.15, -0.1) is 0 Å². The average molecular weight is 379 g/mol. The molecule has 27 heavy (non-hydrogen) atoms. The molecule has 1 heteroatoms. The third-order valence-corrected chi connectivity index (χ3v) is 5.58. The number of hydrogen-bond acceptors (Lipinski definition) is 1. The van der Waals surface area contributed by atoms with Crippen LogP contribution in [0.15, 0.2) is 12.2 Å². The molecule has 0 fully saturated rings. The highest BCUT2D eigenvalue weighted by Crippen LogP contribution is 2.14. The van der Waals surface area contributed by atoms with Crippen molar-refractivity contribution in [2.24, 2.45) is 0 Å². The van der Waals surface area contributed by atoms with Crippen molar-refractivity contribution in [3.8, 4) is 0 Å². The number of rotatable bonds is 23. The first kappa shape index (κ1) is 26.4. The van der Waals surface area contributed by atoms with Crippen LogP contribution >= 0.6 is 0 Å². The Morgan fingerprint density at radius 1 is 0.407 bits per heavy atom. The number of unbranched alkanes of at least 4 members (excludes halogenated alkanes) is 20. The van der Waals surface area contributed by atoms with Gasteiger partial charge in [0.1, 0.15) is 6.29 Å². The van der Waals surface area contributed by atoms with Gasteiger partial charge in [0.15, 0.2) is 0 Å². The number of carbonyl (C=O) groups is 1. The summed E-state index contributed by atoms with van der Waals surface area (Å²) in [7, 11) is 0. The minimum absolute atomic E-state index is 0.760. The summed E-state index contributed by atoms with van der Waals surface area (Å²) in [5.74, 6) is 0. The van der Waals surface area contributed by atoms with Gasteiger partial charge in [-0.2, -0.15) is 0 Å². The van der Waals surface area contributed by atoms with Crippen LogP contribution < -0.4 is 0 Å². The molecule has 0 heterocycles. The van der Waals surface area contributed by atoms with Crippen molar-refractivity contribution in [3.05, 3.63) is 12.2 Å². The fourth-order valence-electron chi connectivity index (χ4n) is 3.71. The molecule has 0 aromatic rings. The second-order valence-corrected chi connectivity index (χ2v) is 8.37. The van der Waals surface area contributed by atoms with Crippen LogP contribution in [0.3, 0.4) is 0 Å². The number of allylic oxidation sites excluding steroid dienone is 2. The van der Waals surface area contributed by atoms with Crippen molar-refractivity contribution in [1.82, 2.24) is 0 Å². The normalized spacial score (nSPS) is 11.4. The van der Waals surface area contributed by atoms with Crippen LogP contribution in [0.25, 0.3) is 0 Å². The summed E-state index contributed by atoms with van der Waals surface area (Å²) in [6, 6.07) is 0. The predicted molar refractivity (Wildman–Crippen MR) is 122 cm³/mol. The van der Waals surface area contributed by atoms with Crippen molar-refractivity contribution < 1.29 is 4.79 Å². The molecule has 0 radical (unpaired) electrons. The minimum atomic E-state index is 0.760. The summed E-state index contributed by atoms with van der Waals surface area (Å²) in [4.78, 5) is 10.2. The molecule has 0 aliphatic heterocycles. The maximum Gasteiger partial charge on any atom is 0.119 e. The van der Waals surface area contributed by atoms with Gasteiger partial charge in [0, 0.05) is 6.42 Å². The fraction of sp³-hybridized carbons (Fsp3) is 0.885. The Hall–Kier alpha value is -0.590. The molecule has 0 atom stereocenters. The lowest BCUT2D eigenvalue weighted by atomic mass is 10.0. The maximum absolute atomic E-state index is 10.2. The average Bonchev–Trinajstić information content (AvgIpc) is 2.68. The van der Waals surface area contributed by atoms with E-state index >= 15 is 0 Å². The van der Waals surface area contributed by atoms with Crippen molar-refractivity contribution in [2.75, 3.05) is 0 Å². The molecular weight excluding hydrogens is 328 g/mol. The molecule has 0 saturated heterocycles. The first-order valence-electron chi connectivity index (χ1n) is 12.5. The molecule has 0 unspecified atom stereocenters. The number of aldehydes is 1. The largest absolute Gasteiger partial charge is 0.303 e. The van der Waals surface area contributed by atoms with Gasteiger partial charge in [-0.1, -0.05) is 122 Å². The number of carbonyl (C=O) groups excluding carboxylic acids is 1. The van der Waals surface area contributed by atoms with Gasteiger partial charge in [-0.25, -0.2) is 0 Å². The zero-order chi connectivity index (χ0) is 19.7. The van der Waals surface area contributed by atoms with E-state index in [4.69, 9.17) is 0 Å². The van der Waals surface area contributed by atoms with Crippen molar-refractivity contribution in [1.29, 1.82) is 0 Å². The highest BCUT2D eigenvalue weighted by Gasteiger charge is 1.94. The molecule has 0 aromatic carbocycles. The summed E-state index contributed by atoms with van der Waals surface area (Å²) < 4.78 is 0. The van der Waals surface area contributed by atoms with Crippen LogP contribution in [0, 0.1) is 0 Å². The molecular formula is C26H50O. The highest BCUT2D eigenvalue weighted by molar-refractivity contribution is 5.48. The number of hydrogen-bond donors (Lipinski definition) is 0. The third kappa shape index (κ3) is 25.4. The molecule has 0 aliphatic carbocycles. The monoisotopic (exact) mass is 378 g/mol. The summed E-state index contributed by atoms with van der Waals surface area (Å²) in [6.45, 7) is 2.28. The van der Waals surface area contributed by atoms with Crippen LogP contribution in [0.4, 0.5) is 0 Å². The van der Waals surface area contributed by atoms with E-state index in [0.717, 1.165) is 19.1 Å². The molecule has 0 rings (SSSR count). The van der Waals surface area contributed by atoms with Crippen molar-refractivity contribution in [3.63, 3.8) is 0 Å². The fourth-order valence-corrected chi connectivity index (χ4v) is 3.71. The Labute approximate surface area is 171 Å². The summed E-state index contributed by atoms with van der Waals surface area (Å²) >= 11 is 0. The van der Waals surface area contributed by atoms with Gasteiger partial charge in [0.05, 0.1) is 0 Å². The predicted octanol–water partition coefficient (Wildman–Crippen LogP) is 9.34. The van der Waals surface area contributed by atoms with Gasteiger partial charge in [0.2, 0.25) is 0 Å². The SMILES string of the molecule is CCCCCC/C=C\CCCCCCCCCCCCCCCCCC=O. The Morgan fingerprint density at radius 2 is 0.704 bits per heavy atom. The van der Waals surface area contributed by atoms with E-state index in [0.29, 0.717) is 0 Å². The van der Waals surface area contributed by atoms with Crippen LogP contribution in [-0.4, -0.2) is 6.29 Å². The van der Waals surface area contributed by atoms with Crippen LogP contribution in [0.1, 0.15) is 148 Å². The molecule has 1 nitrogen and oxygen atoms in total. The summed E-state index contributed by atoms with van der Waals surface area (Å²) in [5.41, 5.74) is 0. The quantitative estimate of drug-likeness (QED) is 0.0982. The van der Waals surface area contributed by atoms with Crippen LogP contribution in [0.2, 0.25) is 0 Å². The van der Waals surface area contributed by atoms with E-state index in [1.54, 1.807) is 0 Å². The molecule has 0 bridgehead atoms. The molecule has 0 N–H and O–H groups in total. The van der Waals surface area contributed by atoms with Gasteiger partial charge >= 0.3 is 0 Å². The van der Waals surface area contributed by atoms with Gasteiger partial charge in [-0.05, 0) is 32.1 Å². The summed E-state index contributed by atoms with van der Waals surface area (Å²) in [6.07, 6.45) is 35.5. The Kier molecular flexibility index (Phi) is 24.9. The first-order chi connectivity index (χ1) is 13.4. The van der Waals surface area contributed by atoms with E-state index in [2.05, 4.69) is 19.1 Å². The van der Waals surface area contributed by atoms with Crippen molar-refractivity contribution >= 4 is 6.29 Å². The molecule has 0 aromatic heterocycles. The smallest absolute Gasteiger partial charge is 0.119 e. The Bertz CT molecular complexity index is 295. The Balaban J connectivity index is 3.03. The molecule has 0 amide bonds. The first-order valence-corrected chi connectivity index (χ1v) is 12.5. The second kappa shape index (κ2) is 25.4. The topological polar surface area (TPSA) is 17.1 Å². The highest BCUT2D eigenvalue weighted by atomic mass is 16.1. The van der Waals surface area contributed by atoms with E-state index in [9.17, 15) is 4.79 Å². The zero-order valence-electron chi connectivity index (χ0n) is 18.7. The second-order valence-electron chi connectivity index (χ2n) is 8.37. The molecule has 0 aliphatic rings. The lowest BCUT2D eigenvalue weighted by Gasteiger charge is -2.03. The third-order valence-electron chi connectivity index (χ3n) is 5.58. The standard InChI is InChI=1S/C26H50O/c1-2-3-4-5-6-7-8-9-10-11-12-13-14-15-16-17-18-19-20-21-22-23-24-25-26-27/h7-8,26H,2-6,9-25H2,1H3/b8-7-. The zero-order valence-corrected chi connectivity index (χ0v) is 18.7. The lowest BCUT2D eigenvalue weighted by molar-refractivity contribution is -0.107. The van der Waals surface area contributed by atoms with Crippen LogP contribution in [0.5, 0.6) is 0 Å². The molecule has 0 spiro atoms. The van der Waals surface area contributed by atoms with E-state index in [-0.39, 0.29) is 0 Å². The van der Waals surface area contributed by atoms with Gasteiger partial charge < -0.3 is 4.79 Å². The maximum atomic E-state index is 10.2. The molecule has 0 saturated carbocycles. The van der Waals surface area contributed by atoms with Gasteiger partial charge in [-0.3, -0.25) is 0 Å². The molecule has 160 valence electrons.